The maximum atomic E-state index is 12.1. The number of hydrogen-bond acceptors (Lipinski definition) is 5. The van der Waals surface area contributed by atoms with Crippen LogP contribution in [0.25, 0.3) is 0 Å². The maximum absolute atomic E-state index is 12.1. The zero-order chi connectivity index (χ0) is 15.8. The molecule has 0 aromatic rings. The molecule has 2 aliphatic heterocycles. The Morgan fingerprint density at radius 3 is 2.90 bits per heavy atom. The molecule has 2 aliphatic rings. The smallest absolute Gasteiger partial charge is 0.353 e. The molecule has 0 aromatic heterocycles. The van der Waals surface area contributed by atoms with E-state index in [9.17, 15) is 19.8 Å². The van der Waals surface area contributed by atoms with Gasteiger partial charge in [-0.05, 0) is 13.8 Å². The number of aliphatic hydroxyl groups excluding tert-OH is 1. The van der Waals surface area contributed by atoms with Gasteiger partial charge in [-0.15, -0.1) is 11.8 Å². The predicted molar refractivity (Wildman–Crippen MR) is 79.7 cm³/mol. The number of carboxylic acids is 1. The van der Waals surface area contributed by atoms with Crippen LogP contribution < -0.4 is 5.73 Å². The molecule has 21 heavy (non-hydrogen) atoms. The first-order chi connectivity index (χ1) is 9.84. The number of carbonyl (C=O) groups excluding carboxylic acids is 1. The number of aliphatic imine (C=N–C) groups is 1. The molecule has 1 amide bonds. The molecule has 1 fully saturated rings. The normalized spacial score (nSPS) is 29.8. The van der Waals surface area contributed by atoms with Gasteiger partial charge in [0.2, 0.25) is 5.91 Å². The summed E-state index contributed by atoms with van der Waals surface area (Å²) in [5.74, 6) is -1.38. The summed E-state index contributed by atoms with van der Waals surface area (Å²) in [6, 6.07) is 0. The Labute approximate surface area is 126 Å². The van der Waals surface area contributed by atoms with Crippen molar-refractivity contribution in [1.82, 2.24) is 4.90 Å². The van der Waals surface area contributed by atoms with Crippen LogP contribution >= 0.6 is 11.8 Å². The highest BCUT2D eigenvalue weighted by Crippen LogP contribution is 2.54. The predicted octanol–water partition coefficient (Wildman–Crippen LogP) is 0.00440. The van der Waals surface area contributed by atoms with Crippen molar-refractivity contribution >= 4 is 30.0 Å². The monoisotopic (exact) mass is 313 g/mol. The Morgan fingerprint density at radius 1 is 1.71 bits per heavy atom. The third kappa shape index (κ3) is 2.42. The quantitative estimate of drug-likeness (QED) is 0.275. The van der Waals surface area contributed by atoms with Crippen LogP contribution in [0, 0.1) is 5.92 Å². The number of nitrogens with two attached hydrogens (primary N) is 1. The average Bonchev–Trinajstić information content (AvgIpc) is 2.63. The van der Waals surface area contributed by atoms with Crippen molar-refractivity contribution in [3.63, 3.8) is 0 Å². The summed E-state index contributed by atoms with van der Waals surface area (Å²) in [4.78, 5) is 29.5. The minimum absolute atomic E-state index is 0.0427. The summed E-state index contributed by atoms with van der Waals surface area (Å²) in [5, 5.41) is 19.1. The fourth-order valence-corrected chi connectivity index (χ4v) is 4.33. The summed E-state index contributed by atoms with van der Waals surface area (Å²) in [5.41, 5.74) is 4.56. The second-order valence-corrected chi connectivity index (χ2v) is 6.60. The summed E-state index contributed by atoms with van der Waals surface area (Å²) in [7, 11) is 0. The minimum atomic E-state index is -1.11. The number of amides is 1. The van der Waals surface area contributed by atoms with Crippen molar-refractivity contribution < 1.29 is 19.8 Å². The van der Waals surface area contributed by atoms with Gasteiger partial charge < -0.3 is 15.9 Å². The molecule has 2 rings (SSSR count). The number of β-lactam (4-membered cyclic amide) rings is 1. The summed E-state index contributed by atoms with van der Waals surface area (Å²) in [6.45, 7) is 3.87. The number of aliphatic hydroxyl groups is 1. The second-order valence-electron chi connectivity index (χ2n) is 5.41. The Balaban J connectivity index is 2.21. The largest absolute Gasteiger partial charge is 0.477 e. The fourth-order valence-electron chi connectivity index (χ4n) is 3.17. The van der Waals surface area contributed by atoms with E-state index >= 15 is 0 Å². The summed E-state index contributed by atoms with van der Waals surface area (Å²) >= 11 is 1.38. The Kier molecular flexibility index (Phi) is 4.29. The molecule has 0 bridgehead atoms. The zero-order valence-electron chi connectivity index (χ0n) is 11.9. The third-order valence-electron chi connectivity index (χ3n) is 3.96. The highest BCUT2D eigenvalue weighted by Gasteiger charge is 2.64. The molecule has 7 nitrogen and oxygen atoms in total. The Morgan fingerprint density at radius 2 is 2.38 bits per heavy atom. The molecule has 116 valence electrons. The lowest BCUT2D eigenvalue weighted by molar-refractivity contribution is -0.173. The van der Waals surface area contributed by atoms with Crippen LogP contribution in [-0.4, -0.2) is 57.3 Å². The number of nitrogens with zero attached hydrogens (tertiary/aromatic N) is 2. The Hall–Kier alpha value is -1.54. The van der Waals surface area contributed by atoms with Crippen LogP contribution in [-0.2, 0) is 9.59 Å². The van der Waals surface area contributed by atoms with Crippen LogP contribution in [0.2, 0.25) is 0 Å². The molecule has 3 unspecified atom stereocenters. The van der Waals surface area contributed by atoms with E-state index in [-0.39, 0.29) is 11.6 Å². The van der Waals surface area contributed by atoms with Gasteiger partial charge in [0.05, 0.1) is 30.4 Å². The highest BCUT2D eigenvalue weighted by molar-refractivity contribution is 8.03. The molecule has 8 heteroatoms. The van der Waals surface area contributed by atoms with E-state index in [0.717, 1.165) is 0 Å². The van der Waals surface area contributed by atoms with Gasteiger partial charge in [-0.25, -0.2) is 4.79 Å². The molecule has 0 aliphatic carbocycles. The number of thioether (sulfide) groups is 1. The maximum Gasteiger partial charge on any atom is 0.353 e. The molecular weight excluding hydrogens is 294 g/mol. The second kappa shape index (κ2) is 5.69. The molecule has 0 radical (unpaired) electrons. The van der Waals surface area contributed by atoms with Gasteiger partial charge >= 0.3 is 5.97 Å². The number of hydrogen-bond donors (Lipinski definition) is 3. The van der Waals surface area contributed by atoms with Crippen LogP contribution in [0.5, 0.6) is 0 Å². The highest BCUT2D eigenvalue weighted by atomic mass is 32.2. The van der Waals surface area contributed by atoms with Crippen molar-refractivity contribution in [2.45, 2.75) is 31.9 Å². The van der Waals surface area contributed by atoms with E-state index < -0.39 is 23.5 Å². The lowest BCUT2D eigenvalue weighted by Gasteiger charge is -2.53. The molecule has 0 saturated carbocycles. The zero-order valence-corrected chi connectivity index (χ0v) is 12.8. The van der Waals surface area contributed by atoms with E-state index in [4.69, 9.17) is 5.73 Å². The molecular formula is C13H19N3O4S. The Bertz CT molecular complexity index is 532. The van der Waals surface area contributed by atoms with E-state index in [2.05, 4.69) is 4.99 Å². The minimum Gasteiger partial charge on any atom is -0.477 e. The van der Waals surface area contributed by atoms with E-state index in [1.807, 2.05) is 6.92 Å². The first kappa shape index (κ1) is 15.8. The number of rotatable bonds is 6. The molecule has 1 saturated heterocycles. The fraction of sp³-hybridized carbons (Fsp3) is 0.615. The lowest BCUT2D eigenvalue weighted by Crippen LogP contribution is -2.69. The van der Waals surface area contributed by atoms with E-state index in [0.29, 0.717) is 23.6 Å². The SMILES string of the molecule is CC(O)C1C(=O)N2C(C(=O)O)=C(SCCN=CN)CC12C. The standard InChI is InChI=1S/C13H19N3O4S/c1-7(17)9-11(18)16-10(12(19)20)8(5-13(9,16)2)21-4-3-15-6-14/h6-7,9,17H,3-5H2,1-2H3,(H2,14,15)(H,19,20). The molecule has 4 N–H and O–H groups in total. The van der Waals surface area contributed by atoms with Crippen molar-refractivity contribution in [2.75, 3.05) is 12.3 Å². The van der Waals surface area contributed by atoms with Gasteiger partial charge in [0.25, 0.3) is 0 Å². The van der Waals surface area contributed by atoms with Gasteiger partial charge in [0.15, 0.2) is 0 Å². The topological polar surface area (TPSA) is 116 Å². The third-order valence-corrected chi connectivity index (χ3v) is 5.03. The molecule has 0 spiro atoms. The number of carbonyl (C=O) groups is 2. The van der Waals surface area contributed by atoms with Gasteiger partial charge in [-0.2, -0.15) is 0 Å². The van der Waals surface area contributed by atoms with Gasteiger partial charge in [0.1, 0.15) is 5.70 Å². The summed E-state index contributed by atoms with van der Waals surface area (Å²) < 4.78 is 0. The van der Waals surface area contributed by atoms with Crippen LogP contribution in [0.15, 0.2) is 15.6 Å². The van der Waals surface area contributed by atoms with Crippen molar-refractivity contribution in [1.29, 1.82) is 0 Å². The number of carboxylic acid groups (broad SMARTS) is 1. The molecule has 0 aromatic carbocycles. The van der Waals surface area contributed by atoms with E-state index in [1.165, 1.54) is 23.0 Å². The van der Waals surface area contributed by atoms with Crippen molar-refractivity contribution in [3.8, 4) is 0 Å². The number of aliphatic carboxylic acids is 1. The van der Waals surface area contributed by atoms with Gasteiger partial charge in [0, 0.05) is 17.1 Å². The average molecular weight is 313 g/mol. The molecule has 2 heterocycles. The van der Waals surface area contributed by atoms with Crippen LogP contribution in [0.3, 0.4) is 0 Å². The first-order valence-corrected chi connectivity index (χ1v) is 7.64. The number of fused-ring (bicyclic) bond motifs is 1. The first-order valence-electron chi connectivity index (χ1n) is 6.66. The van der Waals surface area contributed by atoms with Gasteiger partial charge in [-0.3, -0.25) is 14.7 Å². The summed E-state index contributed by atoms with van der Waals surface area (Å²) in [6.07, 6.45) is 0.871. The van der Waals surface area contributed by atoms with Crippen LogP contribution in [0.1, 0.15) is 20.3 Å². The van der Waals surface area contributed by atoms with Crippen molar-refractivity contribution in [3.05, 3.63) is 10.6 Å². The lowest BCUT2D eigenvalue weighted by atomic mass is 9.71. The van der Waals surface area contributed by atoms with Crippen LogP contribution in [0.4, 0.5) is 0 Å². The molecule has 3 atom stereocenters. The van der Waals surface area contributed by atoms with E-state index in [1.54, 1.807) is 6.92 Å². The van der Waals surface area contributed by atoms with Crippen molar-refractivity contribution in [2.24, 2.45) is 16.6 Å². The van der Waals surface area contributed by atoms with Gasteiger partial charge in [-0.1, -0.05) is 0 Å².